The molecule has 2 aliphatic rings. The number of carbonyl (C=O) groups is 3. The Kier molecular flexibility index (Phi) is 8.03. The number of benzene rings is 3. The van der Waals surface area contributed by atoms with Gasteiger partial charge in [-0.1, -0.05) is 45.1 Å². The fourth-order valence-electron chi connectivity index (χ4n) is 5.23. The molecular weight excluding hydrogens is 658 g/mol. The summed E-state index contributed by atoms with van der Waals surface area (Å²) in [6.07, 6.45) is 0. The Morgan fingerprint density at radius 1 is 0.953 bits per heavy atom. The standard InChI is InChI=1S/C30H24BrN3O7S2/c1-39-19-10-6-17(7-11-19)32-22(35)14-41-20-12-3-15(13-21(20)40-2)23-24-26(42-27-25(23)43-30(38)33-27)29(37)34(28(24)36)18-8-4-16(31)5-9-18/h3-13,23-24,26H,14H2,1-2H3,(H,32,35)(H,33,38)/t23-,24?,26?/m1/s1. The minimum absolute atomic E-state index is 0.262. The molecule has 3 aromatic carbocycles. The highest BCUT2D eigenvalue weighted by molar-refractivity contribution is 9.10. The molecule has 43 heavy (non-hydrogen) atoms. The van der Waals surface area contributed by atoms with Crippen molar-refractivity contribution in [1.82, 2.24) is 4.98 Å². The van der Waals surface area contributed by atoms with E-state index in [0.717, 1.165) is 15.8 Å². The number of H-pyrrole nitrogens is 1. The number of aromatic amines is 1. The first-order chi connectivity index (χ1) is 20.8. The van der Waals surface area contributed by atoms with Crippen LogP contribution in [0.5, 0.6) is 17.2 Å². The van der Waals surface area contributed by atoms with Crippen molar-refractivity contribution >= 4 is 68.1 Å². The largest absolute Gasteiger partial charge is 0.497 e. The first-order valence-corrected chi connectivity index (χ1v) is 15.5. The Balaban J connectivity index is 1.27. The summed E-state index contributed by atoms with van der Waals surface area (Å²) in [5.41, 5.74) is 1.76. The number of fused-ring (bicyclic) bond motifs is 2. The summed E-state index contributed by atoms with van der Waals surface area (Å²) >= 11 is 5.63. The van der Waals surface area contributed by atoms with Crippen molar-refractivity contribution in [3.63, 3.8) is 0 Å². The van der Waals surface area contributed by atoms with E-state index in [4.69, 9.17) is 14.2 Å². The van der Waals surface area contributed by atoms with Gasteiger partial charge in [0.25, 0.3) is 5.91 Å². The summed E-state index contributed by atoms with van der Waals surface area (Å²) in [4.78, 5) is 56.9. The van der Waals surface area contributed by atoms with Crippen molar-refractivity contribution in [2.24, 2.45) is 5.92 Å². The number of thioether (sulfide) groups is 1. The predicted molar refractivity (Wildman–Crippen MR) is 167 cm³/mol. The molecule has 1 aromatic heterocycles. The zero-order chi connectivity index (χ0) is 30.2. The van der Waals surface area contributed by atoms with Gasteiger partial charge in [0.15, 0.2) is 18.1 Å². The number of carbonyl (C=O) groups excluding carboxylic acids is 3. The van der Waals surface area contributed by atoms with Crippen molar-refractivity contribution < 1.29 is 28.6 Å². The number of anilines is 2. The number of hydrogen-bond donors (Lipinski definition) is 2. The number of thiazole rings is 1. The fourth-order valence-corrected chi connectivity index (χ4v) is 8.01. The van der Waals surface area contributed by atoms with Gasteiger partial charge in [-0.15, -0.1) is 0 Å². The second kappa shape index (κ2) is 11.9. The first-order valence-electron chi connectivity index (χ1n) is 13.0. The van der Waals surface area contributed by atoms with Crippen molar-refractivity contribution in [3.8, 4) is 17.2 Å². The monoisotopic (exact) mass is 681 g/mol. The van der Waals surface area contributed by atoms with E-state index in [9.17, 15) is 19.2 Å². The number of ether oxygens (including phenoxy) is 3. The average molecular weight is 683 g/mol. The van der Waals surface area contributed by atoms with Gasteiger partial charge in [-0.05, 0) is 66.2 Å². The minimum atomic E-state index is -0.744. The van der Waals surface area contributed by atoms with Crippen LogP contribution in [0.25, 0.3) is 0 Å². The molecule has 4 aromatic rings. The van der Waals surface area contributed by atoms with Crippen LogP contribution in [0.1, 0.15) is 16.4 Å². The van der Waals surface area contributed by atoms with Gasteiger partial charge in [0.05, 0.1) is 30.9 Å². The molecule has 2 aliphatic heterocycles. The molecule has 2 unspecified atom stereocenters. The second-order valence-electron chi connectivity index (χ2n) is 9.71. The molecule has 0 saturated carbocycles. The zero-order valence-corrected chi connectivity index (χ0v) is 26.0. The van der Waals surface area contributed by atoms with E-state index in [1.807, 2.05) is 0 Å². The topological polar surface area (TPSA) is 127 Å². The van der Waals surface area contributed by atoms with Gasteiger partial charge in [-0.25, -0.2) is 4.90 Å². The zero-order valence-electron chi connectivity index (χ0n) is 22.8. The molecule has 0 aliphatic carbocycles. The first kappa shape index (κ1) is 29.0. The fraction of sp³-hybridized carbons (Fsp3) is 0.200. The number of halogens is 1. The second-order valence-corrected chi connectivity index (χ2v) is 12.8. The maximum Gasteiger partial charge on any atom is 0.305 e. The van der Waals surface area contributed by atoms with Crippen LogP contribution in [0.2, 0.25) is 0 Å². The molecule has 10 nitrogen and oxygen atoms in total. The maximum atomic E-state index is 13.9. The number of rotatable bonds is 8. The lowest BCUT2D eigenvalue weighted by molar-refractivity contribution is -0.122. The Morgan fingerprint density at radius 2 is 1.70 bits per heavy atom. The number of methoxy groups -OCH3 is 2. The number of nitrogens with one attached hydrogen (secondary N) is 2. The molecule has 3 amide bonds. The summed E-state index contributed by atoms with van der Waals surface area (Å²) in [6, 6.07) is 19.1. The van der Waals surface area contributed by atoms with Crippen LogP contribution in [0.15, 0.2) is 81.0 Å². The molecule has 3 atom stereocenters. The summed E-state index contributed by atoms with van der Waals surface area (Å²) in [6.45, 7) is -0.273. The van der Waals surface area contributed by atoms with Crippen LogP contribution in [0.4, 0.5) is 11.4 Å². The van der Waals surface area contributed by atoms with Crippen LogP contribution < -0.4 is 29.3 Å². The van der Waals surface area contributed by atoms with Gasteiger partial charge in [0, 0.05) is 21.0 Å². The lowest BCUT2D eigenvalue weighted by atomic mass is 9.83. The van der Waals surface area contributed by atoms with Gasteiger partial charge >= 0.3 is 4.87 Å². The van der Waals surface area contributed by atoms with Crippen molar-refractivity contribution in [2.75, 3.05) is 31.0 Å². The van der Waals surface area contributed by atoms with Gasteiger partial charge in [0.2, 0.25) is 11.8 Å². The van der Waals surface area contributed by atoms with Gasteiger partial charge < -0.3 is 24.5 Å². The summed E-state index contributed by atoms with van der Waals surface area (Å²) < 4.78 is 17.3. The molecule has 0 spiro atoms. The van der Waals surface area contributed by atoms with Gasteiger partial charge in [-0.3, -0.25) is 19.2 Å². The van der Waals surface area contributed by atoms with Crippen LogP contribution in [0.3, 0.4) is 0 Å². The van der Waals surface area contributed by atoms with Crippen molar-refractivity contribution in [1.29, 1.82) is 0 Å². The summed E-state index contributed by atoms with van der Waals surface area (Å²) in [7, 11) is 3.04. The van der Waals surface area contributed by atoms with E-state index in [1.54, 1.807) is 73.8 Å². The number of imide groups is 1. The smallest absolute Gasteiger partial charge is 0.305 e. The van der Waals surface area contributed by atoms with E-state index < -0.39 is 17.1 Å². The highest BCUT2D eigenvalue weighted by Crippen LogP contribution is 2.53. The van der Waals surface area contributed by atoms with E-state index in [2.05, 4.69) is 26.2 Å². The molecule has 13 heteroatoms. The molecule has 1 fully saturated rings. The van der Waals surface area contributed by atoms with E-state index >= 15 is 0 Å². The number of amides is 3. The third-order valence-corrected chi connectivity index (χ3v) is 10.1. The third-order valence-electron chi connectivity index (χ3n) is 7.19. The van der Waals surface area contributed by atoms with Crippen molar-refractivity contribution in [3.05, 3.63) is 91.3 Å². The van der Waals surface area contributed by atoms with Gasteiger partial charge in [-0.2, -0.15) is 0 Å². The van der Waals surface area contributed by atoms with E-state index in [1.165, 1.54) is 23.8 Å². The summed E-state index contributed by atoms with van der Waals surface area (Å²) in [5, 5.41) is 2.62. The number of aromatic nitrogens is 1. The van der Waals surface area contributed by atoms with E-state index in [0.29, 0.717) is 44.1 Å². The predicted octanol–water partition coefficient (Wildman–Crippen LogP) is 5.03. The molecule has 220 valence electrons. The third kappa shape index (κ3) is 5.55. The average Bonchev–Trinajstić information content (AvgIpc) is 3.50. The Bertz CT molecular complexity index is 1770. The molecule has 3 heterocycles. The molecule has 2 N–H and O–H groups in total. The minimum Gasteiger partial charge on any atom is -0.497 e. The Labute approximate surface area is 262 Å². The highest BCUT2D eigenvalue weighted by atomic mass is 79.9. The normalized spacial score (nSPS) is 19.0. The maximum absolute atomic E-state index is 13.9. The van der Waals surface area contributed by atoms with Crippen LogP contribution >= 0.6 is 39.0 Å². The number of nitrogens with zero attached hydrogens (tertiary/aromatic N) is 1. The lowest BCUT2D eigenvalue weighted by Crippen LogP contribution is -2.32. The van der Waals surface area contributed by atoms with Crippen LogP contribution in [-0.2, 0) is 14.4 Å². The Hall–Kier alpha value is -4.07. The molecule has 0 bridgehead atoms. The van der Waals surface area contributed by atoms with Crippen LogP contribution in [-0.4, -0.2) is 48.8 Å². The molecule has 1 saturated heterocycles. The van der Waals surface area contributed by atoms with Crippen LogP contribution in [0, 0.1) is 5.92 Å². The number of hydrogen-bond acceptors (Lipinski definition) is 9. The van der Waals surface area contributed by atoms with Crippen molar-refractivity contribution in [2.45, 2.75) is 16.2 Å². The summed E-state index contributed by atoms with van der Waals surface area (Å²) in [5.74, 6) is -1.02. The highest BCUT2D eigenvalue weighted by Gasteiger charge is 2.56. The quantitative estimate of drug-likeness (QED) is 0.248. The molecule has 0 radical (unpaired) electrons. The lowest BCUT2D eigenvalue weighted by Gasteiger charge is -2.30. The Morgan fingerprint density at radius 3 is 2.40 bits per heavy atom. The van der Waals surface area contributed by atoms with E-state index in [-0.39, 0.29) is 29.2 Å². The molecule has 6 rings (SSSR count). The molecular formula is C30H24BrN3O7S2. The SMILES string of the molecule is COc1ccc(NC(=O)COc2ccc([C@H]3c4sc(=O)[nH]c4SC4C(=O)N(c5ccc(Br)cc5)C(=O)C43)cc2OC)cc1. The van der Waals surface area contributed by atoms with Gasteiger partial charge in [0.1, 0.15) is 11.0 Å².